The number of halogens is 1. The molecule has 0 spiro atoms. The van der Waals surface area contributed by atoms with Crippen molar-refractivity contribution in [3.05, 3.63) is 29.1 Å². The topological polar surface area (TPSA) is 46.9 Å². The van der Waals surface area contributed by atoms with E-state index in [0.717, 1.165) is 17.7 Å². The van der Waals surface area contributed by atoms with Crippen LogP contribution in [0, 0.1) is 0 Å². The van der Waals surface area contributed by atoms with Gasteiger partial charge in [0.25, 0.3) is 0 Å². The first-order valence-electron chi connectivity index (χ1n) is 6.18. The molecular weight excluding hydrogens is 282 g/mol. The zero-order chi connectivity index (χ0) is 13.5. The smallest absolute Gasteiger partial charge is 0.220 e. The Kier molecular flexibility index (Phi) is 5.42. The maximum absolute atomic E-state index is 11.4. The minimum Gasteiger partial charge on any atom is -0.354 e. The van der Waals surface area contributed by atoms with Crippen molar-refractivity contribution >= 4 is 28.8 Å². The van der Waals surface area contributed by atoms with E-state index >= 15 is 0 Å². The highest BCUT2D eigenvalue weighted by Gasteiger charge is 2.03. The zero-order valence-corrected chi connectivity index (χ0v) is 12.1. The first-order valence-corrected chi connectivity index (χ1v) is 7.66. The quantitative estimate of drug-likeness (QED) is 0.799. The first kappa shape index (κ1) is 14.1. The van der Waals surface area contributed by atoms with Crippen LogP contribution >= 0.6 is 22.9 Å². The highest BCUT2D eigenvalue weighted by atomic mass is 35.5. The molecule has 2 heterocycles. The lowest BCUT2D eigenvalue weighted by molar-refractivity contribution is -0.121. The molecule has 0 aliphatic heterocycles. The number of carbonyl (C=O) groups excluding carboxylic acids is 1. The lowest BCUT2D eigenvalue weighted by Crippen LogP contribution is -2.27. The number of aromatic nitrogens is 2. The summed E-state index contributed by atoms with van der Waals surface area (Å²) in [6.45, 7) is 1.27. The Labute approximate surface area is 121 Å². The second kappa shape index (κ2) is 7.31. The molecule has 4 nitrogen and oxygen atoms in total. The van der Waals surface area contributed by atoms with E-state index in [0.29, 0.717) is 25.4 Å². The molecule has 0 radical (unpaired) electrons. The first-order chi connectivity index (χ1) is 9.29. The van der Waals surface area contributed by atoms with E-state index in [4.69, 9.17) is 11.6 Å². The van der Waals surface area contributed by atoms with Crippen LogP contribution in [0.15, 0.2) is 29.1 Å². The van der Waals surface area contributed by atoms with Gasteiger partial charge in [-0.15, -0.1) is 11.6 Å². The third kappa shape index (κ3) is 4.36. The van der Waals surface area contributed by atoms with Crippen LogP contribution in [0.1, 0.15) is 12.8 Å². The molecule has 6 heteroatoms. The molecule has 0 atom stereocenters. The summed E-state index contributed by atoms with van der Waals surface area (Å²) < 4.78 is 1.84. The van der Waals surface area contributed by atoms with Crippen LogP contribution < -0.4 is 5.32 Å². The molecular formula is C13H16ClN3OS. The number of alkyl halides is 1. The van der Waals surface area contributed by atoms with E-state index in [9.17, 15) is 4.79 Å². The summed E-state index contributed by atoms with van der Waals surface area (Å²) in [4.78, 5) is 11.4. The van der Waals surface area contributed by atoms with Crippen LogP contribution in [0.3, 0.4) is 0 Å². The average molecular weight is 298 g/mol. The molecule has 0 saturated carbocycles. The Bertz CT molecular complexity index is 510. The van der Waals surface area contributed by atoms with E-state index < -0.39 is 0 Å². The van der Waals surface area contributed by atoms with Gasteiger partial charge in [-0.1, -0.05) is 0 Å². The number of nitrogens with zero attached hydrogens (tertiary/aromatic N) is 2. The van der Waals surface area contributed by atoms with Crippen molar-refractivity contribution < 1.29 is 4.79 Å². The molecule has 102 valence electrons. The van der Waals surface area contributed by atoms with Gasteiger partial charge in [-0.2, -0.15) is 16.4 Å². The van der Waals surface area contributed by atoms with Crippen LogP contribution in [0.25, 0.3) is 11.3 Å². The Morgan fingerprint density at radius 3 is 3.11 bits per heavy atom. The molecule has 2 aromatic rings. The summed E-state index contributed by atoms with van der Waals surface area (Å²) in [7, 11) is 0. The predicted octanol–water partition coefficient (Wildman–Crippen LogP) is 2.75. The van der Waals surface area contributed by atoms with Crippen molar-refractivity contribution in [2.45, 2.75) is 19.4 Å². The van der Waals surface area contributed by atoms with Crippen molar-refractivity contribution in [1.29, 1.82) is 0 Å². The number of rotatable bonds is 7. The second-order valence-electron chi connectivity index (χ2n) is 4.12. The Hall–Kier alpha value is -1.33. The van der Waals surface area contributed by atoms with Gasteiger partial charge in [0.05, 0.1) is 12.2 Å². The maximum Gasteiger partial charge on any atom is 0.220 e. The second-order valence-corrected chi connectivity index (χ2v) is 5.28. The standard InChI is InChI=1S/C13H16ClN3OS/c14-5-1-2-13(18)15-6-8-17-7-3-12(16-17)11-4-9-19-10-11/h3-4,7,9-10H,1-2,5-6,8H2,(H,15,18). The summed E-state index contributed by atoms with van der Waals surface area (Å²) in [6, 6.07) is 4.03. The zero-order valence-electron chi connectivity index (χ0n) is 10.5. The van der Waals surface area contributed by atoms with Gasteiger partial charge in [0.1, 0.15) is 0 Å². The molecule has 0 saturated heterocycles. The molecule has 0 unspecified atom stereocenters. The maximum atomic E-state index is 11.4. The summed E-state index contributed by atoms with van der Waals surface area (Å²) in [5, 5.41) is 11.4. The highest BCUT2D eigenvalue weighted by molar-refractivity contribution is 7.08. The largest absolute Gasteiger partial charge is 0.354 e. The normalized spacial score (nSPS) is 10.6. The molecule has 0 aromatic carbocycles. The fourth-order valence-electron chi connectivity index (χ4n) is 1.68. The van der Waals surface area contributed by atoms with Gasteiger partial charge in [0.2, 0.25) is 5.91 Å². The number of carbonyl (C=O) groups is 1. The molecule has 19 heavy (non-hydrogen) atoms. The van der Waals surface area contributed by atoms with Crippen LogP contribution in [-0.4, -0.2) is 28.1 Å². The van der Waals surface area contributed by atoms with Crippen molar-refractivity contribution in [2.24, 2.45) is 0 Å². The fourth-order valence-corrected chi connectivity index (χ4v) is 2.46. The average Bonchev–Trinajstić information content (AvgIpc) is 3.06. The third-order valence-electron chi connectivity index (χ3n) is 2.66. The summed E-state index contributed by atoms with van der Waals surface area (Å²) in [5.74, 6) is 0.571. The van der Waals surface area contributed by atoms with Crippen molar-refractivity contribution in [3.63, 3.8) is 0 Å². The van der Waals surface area contributed by atoms with E-state index in [1.165, 1.54) is 0 Å². The van der Waals surface area contributed by atoms with Gasteiger partial charge in [0.15, 0.2) is 0 Å². The Balaban J connectivity index is 1.76. The summed E-state index contributed by atoms with van der Waals surface area (Å²) in [6.07, 6.45) is 3.14. The number of thiophene rings is 1. The molecule has 0 aliphatic rings. The van der Waals surface area contributed by atoms with E-state index in [-0.39, 0.29) is 5.91 Å². The van der Waals surface area contributed by atoms with Gasteiger partial charge in [-0.25, -0.2) is 0 Å². The number of hydrogen-bond acceptors (Lipinski definition) is 3. The summed E-state index contributed by atoms with van der Waals surface area (Å²) in [5.41, 5.74) is 2.10. The van der Waals surface area contributed by atoms with Crippen LogP contribution in [0.2, 0.25) is 0 Å². The molecule has 1 N–H and O–H groups in total. The van der Waals surface area contributed by atoms with Gasteiger partial charge in [-0.05, 0) is 23.9 Å². The molecule has 0 aliphatic carbocycles. The lowest BCUT2D eigenvalue weighted by Gasteiger charge is -2.04. The minimum atomic E-state index is 0.0471. The molecule has 1 amide bonds. The van der Waals surface area contributed by atoms with Gasteiger partial charge >= 0.3 is 0 Å². The summed E-state index contributed by atoms with van der Waals surface area (Å²) >= 11 is 7.19. The van der Waals surface area contributed by atoms with Gasteiger partial charge in [0, 0.05) is 36.0 Å². The van der Waals surface area contributed by atoms with Crippen LogP contribution in [0.5, 0.6) is 0 Å². The van der Waals surface area contributed by atoms with E-state index in [1.54, 1.807) is 11.3 Å². The lowest BCUT2D eigenvalue weighted by atomic mass is 10.2. The Morgan fingerprint density at radius 2 is 2.37 bits per heavy atom. The van der Waals surface area contributed by atoms with Crippen molar-refractivity contribution in [1.82, 2.24) is 15.1 Å². The molecule has 0 bridgehead atoms. The number of nitrogens with one attached hydrogen (secondary N) is 1. The predicted molar refractivity (Wildman–Crippen MR) is 78.5 cm³/mol. The van der Waals surface area contributed by atoms with Gasteiger partial charge < -0.3 is 5.32 Å². The van der Waals surface area contributed by atoms with Crippen LogP contribution in [-0.2, 0) is 11.3 Å². The SMILES string of the molecule is O=C(CCCCl)NCCn1ccc(-c2ccsc2)n1. The number of hydrogen-bond donors (Lipinski definition) is 1. The van der Waals surface area contributed by atoms with Gasteiger partial charge in [-0.3, -0.25) is 9.48 Å². The highest BCUT2D eigenvalue weighted by Crippen LogP contribution is 2.19. The Morgan fingerprint density at radius 1 is 1.47 bits per heavy atom. The number of amides is 1. The van der Waals surface area contributed by atoms with Crippen molar-refractivity contribution in [3.8, 4) is 11.3 Å². The minimum absolute atomic E-state index is 0.0471. The third-order valence-corrected chi connectivity index (χ3v) is 3.61. The van der Waals surface area contributed by atoms with E-state index in [2.05, 4.69) is 15.8 Å². The molecule has 2 aromatic heterocycles. The monoisotopic (exact) mass is 297 g/mol. The van der Waals surface area contributed by atoms with E-state index in [1.807, 2.05) is 28.4 Å². The van der Waals surface area contributed by atoms with Crippen molar-refractivity contribution in [2.75, 3.05) is 12.4 Å². The molecule has 0 fully saturated rings. The molecule has 2 rings (SSSR count). The fraction of sp³-hybridized carbons (Fsp3) is 0.385. The van der Waals surface area contributed by atoms with Crippen LogP contribution in [0.4, 0.5) is 0 Å².